The first-order chi connectivity index (χ1) is 13.1. The van der Waals surface area contributed by atoms with Crippen LogP contribution >= 0.6 is 15.9 Å². The maximum absolute atomic E-state index is 12.8. The minimum atomic E-state index is -3.84. The normalized spacial score (nSPS) is 13.6. The van der Waals surface area contributed by atoms with E-state index >= 15 is 0 Å². The third-order valence-electron chi connectivity index (χ3n) is 4.25. The number of carbonyl (C=O) groups excluding carboxylic acids is 1. The van der Waals surface area contributed by atoms with E-state index in [1.54, 1.807) is 57.2 Å². The van der Waals surface area contributed by atoms with E-state index in [0.29, 0.717) is 5.56 Å². The largest absolute Gasteiger partial charge is 0.348 e. The van der Waals surface area contributed by atoms with Crippen molar-refractivity contribution < 1.29 is 13.2 Å². The summed E-state index contributed by atoms with van der Waals surface area (Å²) < 4.78 is 28.6. The van der Waals surface area contributed by atoms with Gasteiger partial charge in [-0.15, -0.1) is 0 Å². The van der Waals surface area contributed by atoms with Crippen LogP contribution in [0.25, 0.3) is 0 Å². The number of nitrogens with zero attached hydrogens (tertiary/aromatic N) is 1. The van der Waals surface area contributed by atoms with Crippen molar-refractivity contribution in [3.63, 3.8) is 0 Å². The van der Waals surface area contributed by atoms with Crippen LogP contribution in [-0.2, 0) is 14.8 Å². The summed E-state index contributed by atoms with van der Waals surface area (Å²) in [6, 6.07) is 13.9. The fourth-order valence-electron chi connectivity index (χ4n) is 2.57. The van der Waals surface area contributed by atoms with Crippen LogP contribution in [0.4, 0.5) is 0 Å². The molecule has 0 fully saturated rings. The summed E-state index contributed by atoms with van der Waals surface area (Å²) in [4.78, 5) is 12.8. The van der Waals surface area contributed by atoms with Gasteiger partial charge in [-0.05, 0) is 54.8 Å². The molecule has 1 unspecified atom stereocenters. The molecular formula is C20H22BrN3O3S. The third kappa shape index (κ3) is 5.64. The van der Waals surface area contributed by atoms with E-state index in [9.17, 15) is 13.2 Å². The van der Waals surface area contributed by atoms with Gasteiger partial charge in [0.05, 0.1) is 22.6 Å². The van der Waals surface area contributed by atoms with Gasteiger partial charge >= 0.3 is 0 Å². The van der Waals surface area contributed by atoms with Gasteiger partial charge in [-0.3, -0.25) is 4.79 Å². The molecule has 2 rings (SSSR count). The number of hydrogen-bond donors (Lipinski definition) is 2. The number of rotatable bonds is 7. The Labute approximate surface area is 174 Å². The number of halogens is 1. The van der Waals surface area contributed by atoms with Gasteiger partial charge in [0.25, 0.3) is 0 Å². The van der Waals surface area contributed by atoms with Crippen LogP contribution in [0.15, 0.2) is 57.9 Å². The van der Waals surface area contributed by atoms with Crippen molar-refractivity contribution in [2.45, 2.75) is 37.8 Å². The monoisotopic (exact) mass is 463 g/mol. The lowest BCUT2D eigenvalue weighted by Gasteiger charge is -2.24. The summed E-state index contributed by atoms with van der Waals surface area (Å²) in [6.45, 7) is 5.36. The predicted octanol–water partition coefficient (Wildman–Crippen LogP) is 3.50. The molecule has 2 N–H and O–H groups in total. The summed E-state index contributed by atoms with van der Waals surface area (Å²) in [7, 11) is -3.84. The van der Waals surface area contributed by atoms with Crippen molar-refractivity contribution in [2.24, 2.45) is 5.92 Å². The minimum absolute atomic E-state index is 0.0919. The Morgan fingerprint density at radius 2 is 1.61 bits per heavy atom. The van der Waals surface area contributed by atoms with Crippen LogP contribution in [-0.4, -0.2) is 20.4 Å². The number of hydrogen-bond acceptors (Lipinski definition) is 4. The van der Waals surface area contributed by atoms with Crippen LogP contribution in [0.3, 0.4) is 0 Å². The van der Waals surface area contributed by atoms with Crippen molar-refractivity contribution in [3.8, 4) is 6.07 Å². The fourth-order valence-corrected chi connectivity index (χ4v) is 4.18. The van der Waals surface area contributed by atoms with E-state index < -0.39 is 22.0 Å². The van der Waals surface area contributed by atoms with Crippen molar-refractivity contribution in [2.75, 3.05) is 0 Å². The van der Waals surface area contributed by atoms with E-state index in [-0.39, 0.29) is 16.9 Å². The summed E-state index contributed by atoms with van der Waals surface area (Å²) in [6.07, 6.45) is 0. The Kier molecular flexibility index (Phi) is 7.35. The van der Waals surface area contributed by atoms with E-state index in [1.807, 2.05) is 6.07 Å². The first-order valence-corrected chi connectivity index (χ1v) is 11.0. The molecule has 2 aromatic rings. The summed E-state index contributed by atoms with van der Waals surface area (Å²) in [5.41, 5.74) is 1.36. The van der Waals surface area contributed by atoms with E-state index in [1.165, 1.54) is 12.1 Å². The highest BCUT2D eigenvalue weighted by molar-refractivity contribution is 9.10. The molecule has 0 saturated carbocycles. The molecule has 6 nitrogen and oxygen atoms in total. The summed E-state index contributed by atoms with van der Waals surface area (Å²) in [5.74, 6) is -0.661. The van der Waals surface area contributed by atoms with Crippen LogP contribution in [0.1, 0.15) is 37.9 Å². The second kappa shape index (κ2) is 9.32. The van der Waals surface area contributed by atoms with E-state index in [4.69, 9.17) is 5.26 Å². The van der Waals surface area contributed by atoms with Crippen LogP contribution in [0.5, 0.6) is 0 Å². The third-order valence-corrected chi connectivity index (χ3v) is 6.24. The van der Waals surface area contributed by atoms with E-state index in [0.717, 1.165) is 10.0 Å². The molecule has 0 heterocycles. The van der Waals surface area contributed by atoms with Crippen molar-refractivity contribution >= 4 is 31.9 Å². The first kappa shape index (κ1) is 22.1. The van der Waals surface area contributed by atoms with Crippen molar-refractivity contribution in [1.29, 1.82) is 5.26 Å². The number of nitrogens with one attached hydrogen (secondary N) is 2. The highest BCUT2D eigenvalue weighted by Crippen LogP contribution is 2.18. The Bertz CT molecular complexity index is 965. The van der Waals surface area contributed by atoms with Gasteiger partial charge in [0.2, 0.25) is 15.9 Å². The Hall–Kier alpha value is -2.21. The molecule has 0 aliphatic rings. The lowest BCUT2D eigenvalue weighted by molar-refractivity contribution is -0.124. The minimum Gasteiger partial charge on any atom is -0.348 e. The molecule has 0 aliphatic heterocycles. The van der Waals surface area contributed by atoms with Gasteiger partial charge in [0.15, 0.2) is 0 Å². The standard InChI is InChI=1S/C20H22BrN3O3S/c1-13(2)19(24-28(26,27)18-10-8-17(21)9-11-18)20(25)23-14(3)16-6-4-15(12-22)5-7-16/h4-11,13-14,19,24H,1-3H3,(H,23,25)/t14?,19-/m0/s1. The second-order valence-electron chi connectivity index (χ2n) is 6.76. The smallest absolute Gasteiger partial charge is 0.241 e. The van der Waals surface area contributed by atoms with Gasteiger partial charge in [-0.25, -0.2) is 8.42 Å². The quantitative estimate of drug-likeness (QED) is 0.655. The van der Waals surface area contributed by atoms with Gasteiger partial charge in [0.1, 0.15) is 6.04 Å². The highest BCUT2D eigenvalue weighted by atomic mass is 79.9. The maximum atomic E-state index is 12.8. The molecule has 1 amide bonds. The number of benzene rings is 2. The Morgan fingerprint density at radius 3 is 2.11 bits per heavy atom. The second-order valence-corrected chi connectivity index (χ2v) is 9.39. The number of sulfonamides is 1. The average Bonchev–Trinajstić information content (AvgIpc) is 2.66. The van der Waals surface area contributed by atoms with Crippen LogP contribution < -0.4 is 10.0 Å². The molecule has 148 valence electrons. The van der Waals surface area contributed by atoms with Gasteiger partial charge in [0, 0.05) is 4.47 Å². The van der Waals surface area contributed by atoms with Gasteiger partial charge in [-0.2, -0.15) is 9.98 Å². The first-order valence-electron chi connectivity index (χ1n) is 8.72. The molecule has 0 bridgehead atoms. The molecule has 0 aromatic heterocycles. The number of carbonyl (C=O) groups is 1. The topological polar surface area (TPSA) is 99.1 Å². The molecular weight excluding hydrogens is 442 g/mol. The lowest BCUT2D eigenvalue weighted by Crippen LogP contribution is -2.50. The number of amides is 1. The summed E-state index contributed by atoms with van der Waals surface area (Å²) >= 11 is 3.27. The molecule has 0 spiro atoms. The zero-order chi connectivity index (χ0) is 20.9. The molecule has 8 heteroatoms. The maximum Gasteiger partial charge on any atom is 0.241 e. The fraction of sp³-hybridized carbons (Fsp3) is 0.300. The Morgan fingerprint density at radius 1 is 1.04 bits per heavy atom. The molecule has 0 aliphatic carbocycles. The van der Waals surface area contributed by atoms with Gasteiger partial charge in [-0.1, -0.05) is 41.9 Å². The lowest BCUT2D eigenvalue weighted by atomic mass is 10.0. The van der Waals surface area contributed by atoms with Crippen LogP contribution in [0.2, 0.25) is 0 Å². The van der Waals surface area contributed by atoms with Crippen LogP contribution in [0, 0.1) is 17.2 Å². The number of nitriles is 1. The zero-order valence-electron chi connectivity index (χ0n) is 15.8. The molecule has 2 atom stereocenters. The molecule has 0 saturated heterocycles. The molecule has 2 aromatic carbocycles. The summed E-state index contributed by atoms with van der Waals surface area (Å²) in [5, 5.41) is 11.7. The SMILES string of the molecule is CC(NC(=O)[C@@H](NS(=O)(=O)c1ccc(Br)cc1)C(C)C)c1ccc(C#N)cc1. The van der Waals surface area contributed by atoms with Crippen molar-refractivity contribution in [3.05, 3.63) is 64.1 Å². The van der Waals surface area contributed by atoms with E-state index in [2.05, 4.69) is 26.0 Å². The average molecular weight is 464 g/mol. The highest BCUT2D eigenvalue weighted by Gasteiger charge is 2.29. The Balaban J connectivity index is 2.14. The van der Waals surface area contributed by atoms with Crippen molar-refractivity contribution in [1.82, 2.24) is 10.0 Å². The molecule has 0 radical (unpaired) electrons. The predicted molar refractivity (Wildman–Crippen MR) is 111 cm³/mol. The van der Waals surface area contributed by atoms with Gasteiger partial charge < -0.3 is 5.32 Å². The zero-order valence-corrected chi connectivity index (χ0v) is 18.2. The molecule has 28 heavy (non-hydrogen) atoms.